The van der Waals surface area contributed by atoms with E-state index in [0.29, 0.717) is 12.4 Å². The molecule has 0 amide bonds. The number of methoxy groups -OCH3 is 2. The molecular weight excluding hydrogens is 340 g/mol. The number of aryl methyl sites for hydroxylation is 1. The average molecular weight is 364 g/mol. The Morgan fingerprint density at radius 1 is 1.08 bits per heavy atom. The number of hydrogen-bond donors (Lipinski definition) is 0. The first kappa shape index (κ1) is 19.4. The van der Waals surface area contributed by atoms with E-state index in [2.05, 4.69) is 4.98 Å². The van der Waals surface area contributed by atoms with Gasteiger partial charge in [-0.25, -0.2) is 8.42 Å². The van der Waals surface area contributed by atoms with E-state index in [0.717, 1.165) is 17.5 Å². The van der Waals surface area contributed by atoms with Gasteiger partial charge in [0.15, 0.2) is 0 Å². The lowest BCUT2D eigenvalue weighted by Gasteiger charge is -2.23. The van der Waals surface area contributed by atoms with Gasteiger partial charge < -0.3 is 9.47 Å². The lowest BCUT2D eigenvalue weighted by Crippen LogP contribution is -2.33. The minimum absolute atomic E-state index is 0.180. The van der Waals surface area contributed by atoms with Crippen molar-refractivity contribution in [3.05, 3.63) is 53.9 Å². The first-order valence-electron chi connectivity index (χ1n) is 8.07. The Morgan fingerprint density at radius 3 is 2.40 bits per heavy atom. The maximum Gasteiger partial charge on any atom is 0.247 e. The van der Waals surface area contributed by atoms with Gasteiger partial charge in [-0.15, -0.1) is 0 Å². The molecule has 136 valence electrons. The zero-order chi connectivity index (χ0) is 18.3. The summed E-state index contributed by atoms with van der Waals surface area (Å²) in [6.45, 7) is 2.78. The highest BCUT2D eigenvalue weighted by Gasteiger charge is 2.28. The van der Waals surface area contributed by atoms with Gasteiger partial charge in [0, 0.05) is 32.6 Å². The number of aromatic nitrogens is 1. The van der Waals surface area contributed by atoms with Crippen molar-refractivity contribution in [2.45, 2.75) is 24.8 Å². The molecular formula is C18H24N2O4S. The molecule has 0 bridgehead atoms. The Morgan fingerprint density at radius 2 is 1.80 bits per heavy atom. The third kappa shape index (κ3) is 4.78. The minimum atomic E-state index is -3.74. The van der Waals surface area contributed by atoms with Crippen molar-refractivity contribution in [1.29, 1.82) is 0 Å². The van der Waals surface area contributed by atoms with Gasteiger partial charge in [-0.3, -0.25) is 4.98 Å². The second-order valence-corrected chi connectivity index (χ2v) is 7.43. The second kappa shape index (κ2) is 8.94. The smallest absolute Gasteiger partial charge is 0.247 e. The van der Waals surface area contributed by atoms with E-state index in [9.17, 15) is 8.42 Å². The fraction of sp³-hybridized carbons (Fsp3) is 0.389. The summed E-state index contributed by atoms with van der Waals surface area (Å²) in [5.74, 6) is 0.342. The SMILES string of the molecule is CCc1ccc(OC)c(S(=O)(=O)N(CCOC)Cc2ccncc2)c1. The van der Waals surface area contributed by atoms with Gasteiger partial charge >= 0.3 is 0 Å². The average Bonchev–Trinajstić information content (AvgIpc) is 2.65. The van der Waals surface area contributed by atoms with Gasteiger partial charge in [0.1, 0.15) is 10.6 Å². The molecule has 0 radical (unpaired) electrons. The topological polar surface area (TPSA) is 68.7 Å². The lowest BCUT2D eigenvalue weighted by molar-refractivity contribution is 0.177. The fourth-order valence-corrected chi connectivity index (χ4v) is 4.07. The third-order valence-electron chi connectivity index (χ3n) is 3.91. The number of hydrogen-bond acceptors (Lipinski definition) is 5. The molecule has 6 nitrogen and oxygen atoms in total. The molecule has 0 atom stereocenters. The van der Waals surface area contributed by atoms with Crippen LogP contribution in [0, 0.1) is 0 Å². The highest BCUT2D eigenvalue weighted by atomic mass is 32.2. The predicted molar refractivity (Wildman–Crippen MR) is 96.1 cm³/mol. The monoisotopic (exact) mass is 364 g/mol. The Hall–Kier alpha value is -1.96. The molecule has 0 N–H and O–H groups in total. The summed E-state index contributed by atoms with van der Waals surface area (Å²) in [4.78, 5) is 4.15. The van der Waals surface area contributed by atoms with Crippen LogP contribution in [-0.4, -0.2) is 45.1 Å². The number of sulfonamides is 1. The Kier molecular flexibility index (Phi) is 6.92. The van der Waals surface area contributed by atoms with Crippen LogP contribution in [0.1, 0.15) is 18.1 Å². The van der Waals surface area contributed by atoms with Crippen LogP contribution in [0.2, 0.25) is 0 Å². The summed E-state index contributed by atoms with van der Waals surface area (Å²) < 4.78 is 38.3. The quantitative estimate of drug-likeness (QED) is 0.684. The zero-order valence-electron chi connectivity index (χ0n) is 14.8. The maximum atomic E-state index is 13.3. The number of ether oxygens (including phenoxy) is 2. The predicted octanol–water partition coefficient (Wildman–Crippen LogP) is 2.49. The van der Waals surface area contributed by atoms with Crippen LogP contribution in [0.25, 0.3) is 0 Å². The summed E-state index contributed by atoms with van der Waals surface area (Å²) in [5, 5.41) is 0. The van der Waals surface area contributed by atoms with Gasteiger partial charge in [-0.2, -0.15) is 4.31 Å². The molecule has 1 aromatic heterocycles. The summed E-state index contributed by atoms with van der Waals surface area (Å²) in [7, 11) is -0.713. The van der Waals surface area contributed by atoms with Crippen molar-refractivity contribution in [3.8, 4) is 5.75 Å². The molecule has 0 saturated heterocycles. The molecule has 2 aromatic rings. The highest BCUT2D eigenvalue weighted by molar-refractivity contribution is 7.89. The van der Waals surface area contributed by atoms with Crippen molar-refractivity contribution in [2.75, 3.05) is 27.4 Å². The standard InChI is InChI=1S/C18H24N2O4S/c1-4-15-5-6-17(24-3)18(13-15)25(21,22)20(11-12-23-2)14-16-7-9-19-10-8-16/h5-10,13H,4,11-12,14H2,1-3H3. The highest BCUT2D eigenvalue weighted by Crippen LogP contribution is 2.29. The van der Waals surface area contributed by atoms with Gasteiger partial charge in [-0.1, -0.05) is 13.0 Å². The van der Waals surface area contributed by atoms with E-state index in [4.69, 9.17) is 9.47 Å². The molecule has 0 aliphatic heterocycles. The van der Waals surface area contributed by atoms with Crippen molar-refractivity contribution >= 4 is 10.0 Å². The molecule has 2 rings (SSSR count). The Bertz CT molecular complexity index is 779. The molecule has 0 unspecified atom stereocenters. The largest absolute Gasteiger partial charge is 0.495 e. The van der Waals surface area contributed by atoms with Crippen LogP contribution in [-0.2, 0) is 27.7 Å². The molecule has 25 heavy (non-hydrogen) atoms. The normalized spacial score (nSPS) is 11.7. The lowest BCUT2D eigenvalue weighted by atomic mass is 10.2. The summed E-state index contributed by atoms with van der Waals surface area (Å²) in [6.07, 6.45) is 4.04. The van der Waals surface area contributed by atoms with Crippen LogP contribution < -0.4 is 4.74 Å². The van der Waals surface area contributed by atoms with Gasteiger partial charge in [0.25, 0.3) is 0 Å². The number of rotatable bonds is 9. The van der Waals surface area contributed by atoms with Gasteiger partial charge in [0.2, 0.25) is 10.0 Å². The Balaban J connectivity index is 2.43. The molecule has 0 aliphatic rings. The summed E-state index contributed by atoms with van der Waals surface area (Å²) >= 11 is 0. The number of pyridine rings is 1. The minimum Gasteiger partial charge on any atom is -0.495 e. The molecule has 0 aliphatic carbocycles. The molecule has 1 heterocycles. The number of nitrogens with zero attached hydrogens (tertiary/aromatic N) is 2. The maximum absolute atomic E-state index is 13.3. The van der Waals surface area contributed by atoms with Crippen LogP contribution in [0.15, 0.2) is 47.6 Å². The molecule has 7 heteroatoms. The van der Waals surface area contributed by atoms with E-state index in [1.54, 1.807) is 43.8 Å². The van der Waals surface area contributed by atoms with Crippen molar-refractivity contribution in [1.82, 2.24) is 9.29 Å². The molecule has 0 spiro atoms. The van der Waals surface area contributed by atoms with E-state index in [1.165, 1.54) is 11.4 Å². The first-order chi connectivity index (χ1) is 12.0. The van der Waals surface area contributed by atoms with E-state index in [1.807, 2.05) is 13.0 Å². The zero-order valence-corrected chi connectivity index (χ0v) is 15.6. The first-order valence-corrected chi connectivity index (χ1v) is 9.51. The third-order valence-corrected chi connectivity index (χ3v) is 5.77. The van der Waals surface area contributed by atoms with Crippen molar-refractivity contribution in [2.24, 2.45) is 0 Å². The van der Waals surface area contributed by atoms with Crippen molar-refractivity contribution < 1.29 is 17.9 Å². The van der Waals surface area contributed by atoms with Crippen LogP contribution in [0.4, 0.5) is 0 Å². The van der Waals surface area contributed by atoms with Crippen LogP contribution in [0.5, 0.6) is 5.75 Å². The van der Waals surface area contributed by atoms with Crippen molar-refractivity contribution in [3.63, 3.8) is 0 Å². The fourth-order valence-electron chi connectivity index (χ4n) is 2.45. The van der Waals surface area contributed by atoms with Gasteiger partial charge in [0.05, 0.1) is 13.7 Å². The molecule has 0 saturated carbocycles. The Labute approximate surface area is 149 Å². The second-order valence-electron chi connectivity index (χ2n) is 5.53. The van der Waals surface area contributed by atoms with Crippen LogP contribution in [0.3, 0.4) is 0 Å². The molecule has 1 aromatic carbocycles. The summed E-state index contributed by atoms with van der Waals surface area (Å²) in [6, 6.07) is 8.86. The van der Waals surface area contributed by atoms with E-state index in [-0.39, 0.29) is 18.0 Å². The van der Waals surface area contributed by atoms with E-state index < -0.39 is 10.0 Å². The molecule has 0 fully saturated rings. The van der Waals surface area contributed by atoms with Gasteiger partial charge in [-0.05, 0) is 41.8 Å². The van der Waals surface area contributed by atoms with E-state index >= 15 is 0 Å². The number of benzene rings is 1. The summed E-state index contributed by atoms with van der Waals surface area (Å²) in [5.41, 5.74) is 1.80. The van der Waals surface area contributed by atoms with Crippen LogP contribution >= 0.6 is 0 Å².